The molecule has 0 fully saturated rings. The number of hydrogen-bond acceptors (Lipinski definition) is 2. The van der Waals surface area contributed by atoms with Crippen molar-refractivity contribution in [2.75, 3.05) is 13.1 Å². The molecule has 1 aromatic rings. The molecule has 0 aliphatic carbocycles. The summed E-state index contributed by atoms with van der Waals surface area (Å²) in [7, 11) is 0. The number of rotatable bonds is 22. The summed E-state index contributed by atoms with van der Waals surface area (Å²) in [6.45, 7) is 6.96. The van der Waals surface area contributed by atoms with Gasteiger partial charge in [0, 0.05) is 25.5 Å². The molecule has 0 radical (unpaired) electrons. The quantitative estimate of drug-likeness (QED) is 0.156. The number of benzene rings is 1. The zero-order valence-electron chi connectivity index (χ0n) is 22.9. The Morgan fingerprint density at radius 3 is 1.21 bits per heavy atom. The van der Waals surface area contributed by atoms with Crippen molar-refractivity contribution in [3.8, 4) is 0 Å². The Labute approximate surface area is 213 Å². The molecule has 0 saturated heterocycles. The van der Waals surface area contributed by atoms with E-state index in [2.05, 4.69) is 66.4 Å². The molecule has 0 bridgehead atoms. The van der Waals surface area contributed by atoms with Crippen molar-refractivity contribution in [1.29, 1.82) is 0 Å². The first-order chi connectivity index (χ1) is 16.9. The predicted octanol–water partition coefficient (Wildman–Crippen LogP) is 10.2. The molecular formula is C32H56N2. The topological polar surface area (TPSA) is 6.48 Å². The third-order valence-electron chi connectivity index (χ3n) is 7.47. The Kier molecular flexibility index (Phi) is 16.8. The van der Waals surface area contributed by atoms with Crippen molar-refractivity contribution in [2.45, 2.75) is 142 Å². The van der Waals surface area contributed by atoms with Gasteiger partial charge in [0.05, 0.1) is 0 Å². The van der Waals surface area contributed by atoms with E-state index in [1.807, 2.05) is 0 Å². The second kappa shape index (κ2) is 19.8. The van der Waals surface area contributed by atoms with Crippen LogP contribution >= 0.6 is 0 Å². The predicted molar refractivity (Wildman–Crippen MR) is 151 cm³/mol. The van der Waals surface area contributed by atoms with Crippen molar-refractivity contribution < 1.29 is 0 Å². The average Bonchev–Trinajstić information content (AvgIpc) is 3.27. The summed E-state index contributed by atoms with van der Waals surface area (Å²) in [4.78, 5) is 5.18. The van der Waals surface area contributed by atoms with Gasteiger partial charge in [-0.05, 0) is 18.4 Å². The van der Waals surface area contributed by atoms with E-state index in [9.17, 15) is 0 Å². The van der Waals surface area contributed by atoms with Crippen LogP contribution in [0.5, 0.6) is 0 Å². The second-order valence-electron chi connectivity index (χ2n) is 10.6. The summed E-state index contributed by atoms with van der Waals surface area (Å²) in [5.41, 5.74) is 1.44. The lowest BCUT2D eigenvalue weighted by atomic mass is 10.1. The molecule has 1 atom stereocenters. The van der Waals surface area contributed by atoms with Crippen molar-refractivity contribution >= 4 is 0 Å². The normalized spacial score (nSPS) is 15.5. The van der Waals surface area contributed by atoms with Gasteiger partial charge in [-0.25, -0.2) is 0 Å². The van der Waals surface area contributed by atoms with E-state index >= 15 is 0 Å². The molecule has 1 aliphatic rings. The zero-order chi connectivity index (χ0) is 24.1. The van der Waals surface area contributed by atoms with Crippen LogP contribution in [0.3, 0.4) is 0 Å². The summed E-state index contributed by atoms with van der Waals surface area (Å²) in [6, 6.07) is 11.2. The van der Waals surface area contributed by atoms with Gasteiger partial charge in [-0.1, -0.05) is 153 Å². The molecule has 1 aliphatic heterocycles. The Hall–Kier alpha value is -1.44. The lowest BCUT2D eigenvalue weighted by molar-refractivity contribution is 0.149. The Bertz CT molecular complexity index is 596. The molecule has 1 unspecified atom stereocenters. The van der Waals surface area contributed by atoms with E-state index in [-0.39, 0.29) is 0 Å². The molecule has 0 N–H and O–H groups in total. The maximum atomic E-state index is 2.59. The van der Waals surface area contributed by atoms with E-state index in [4.69, 9.17) is 0 Å². The molecule has 2 nitrogen and oxygen atoms in total. The smallest absolute Gasteiger partial charge is 0.127 e. The van der Waals surface area contributed by atoms with Crippen LogP contribution in [-0.2, 0) is 0 Å². The SMILES string of the molecule is CCCCCCCCCCCCCN1C=CN(CCCCCCCCCC)C1c1ccccc1. The standard InChI is InChI=1S/C32H56N2/c1-3-5-7-9-11-13-14-15-17-19-24-28-34-30-29-33(32(34)31-25-21-20-22-26-31)27-23-18-16-12-10-8-6-4-2/h20-22,25-26,29-30,32H,3-19,23-24,27-28H2,1-2H3. The summed E-state index contributed by atoms with van der Waals surface area (Å²) >= 11 is 0. The molecule has 0 aromatic heterocycles. The Morgan fingerprint density at radius 2 is 0.824 bits per heavy atom. The monoisotopic (exact) mass is 468 g/mol. The summed E-state index contributed by atoms with van der Waals surface area (Å²) < 4.78 is 0. The van der Waals surface area contributed by atoms with Gasteiger partial charge in [0.15, 0.2) is 0 Å². The highest BCUT2D eigenvalue weighted by Gasteiger charge is 2.26. The lowest BCUT2D eigenvalue weighted by Gasteiger charge is -2.33. The van der Waals surface area contributed by atoms with Crippen molar-refractivity contribution in [3.05, 3.63) is 48.3 Å². The summed E-state index contributed by atoms with van der Waals surface area (Å²) in [5.74, 6) is 0. The van der Waals surface area contributed by atoms with Gasteiger partial charge in [-0.3, -0.25) is 0 Å². The first-order valence-electron chi connectivity index (χ1n) is 15.1. The maximum absolute atomic E-state index is 2.59. The van der Waals surface area contributed by atoms with Gasteiger partial charge in [-0.2, -0.15) is 0 Å². The molecule has 194 valence electrons. The van der Waals surface area contributed by atoms with Crippen molar-refractivity contribution in [3.63, 3.8) is 0 Å². The van der Waals surface area contributed by atoms with Crippen molar-refractivity contribution in [2.24, 2.45) is 0 Å². The molecule has 0 saturated carbocycles. The molecule has 34 heavy (non-hydrogen) atoms. The highest BCUT2D eigenvalue weighted by Crippen LogP contribution is 2.31. The van der Waals surface area contributed by atoms with Crippen LogP contribution in [0.2, 0.25) is 0 Å². The lowest BCUT2D eigenvalue weighted by Crippen LogP contribution is -2.32. The molecule has 0 amide bonds. The number of hydrogen-bond donors (Lipinski definition) is 0. The second-order valence-corrected chi connectivity index (χ2v) is 10.6. The van der Waals surface area contributed by atoms with E-state index in [1.165, 1.54) is 141 Å². The van der Waals surface area contributed by atoms with Gasteiger partial charge in [0.25, 0.3) is 0 Å². The van der Waals surface area contributed by atoms with Crippen LogP contribution in [0.25, 0.3) is 0 Å². The van der Waals surface area contributed by atoms with Crippen LogP contribution in [0, 0.1) is 0 Å². The third-order valence-corrected chi connectivity index (χ3v) is 7.47. The van der Waals surface area contributed by atoms with Crippen LogP contribution in [0.15, 0.2) is 42.7 Å². The minimum atomic E-state index is 0.397. The van der Waals surface area contributed by atoms with Gasteiger partial charge in [0.2, 0.25) is 0 Å². The average molecular weight is 469 g/mol. The number of unbranched alkanes of at least 4 members (excludes halogenated alkanes) is 17. The maximum Gasteiger partial charge on any atom is 0.127 e. The summed E-state index contributed by atoms with van der Waals surface area (Å²) in [6.07, 6.45) is 31.8. The molecule has 0 spiro atoms. The van der Waals surface area contributed by atoms with Gasteiger partial charge in [-0.15, -0.1) is 0 Å². The van der Waals surface area contributed by atoms with Gasteiger partial charge < -0.3 is 9.80 Å². The van der Waals surface area contributed by atoms with Gasteiger partial charge in [0.1, 0.15) is 6.17 Å². The molecule has 1 aromatic carbocycles. The largest absolute Gasteiger partial charge is 0.352 e. The van der Waals surface area contributed by atoms with E-state index in [0.717, 1.165) is 0 Å². The summed E-state index contributed by atoms with van der Waals surface area (Å²) in [5, 5.41) is 0. The first-order valence-corrected chi connectivity index (χ1v) is 15.1. The molecule has 2 rings (SSSR count). The fourth-order valence-corrected chi connectivity index (χ4v) is 5.31. The fourth-order valence-electron chi connectivity index (χ4n) is 5.31. The number of nitrogens with zero attached hydrogens (tertiary/aromatic N) is 2. The Morgan fingerprint density at radius 1 is 0.471 bits per heavy atom. The first kappa shape index (κ1) is 28.8. The highest BCUT2D eigenvalue weighted by molar-refractivity contribution is 5.21. The molecule has 2 heteroatoms. The molecule has 1 heterocycles. The van der Waals surface area contributed by atoms with Crippen LogP contribution < -0.4 is 0 Å². The molecular weight excluding hydrogens is 412 g/mol. The minimum Gasteiger partial charge on any atom is -0.352 e. The third kappa shape index (κ3) is 12.3. The Balaban J connectivity index is 1.63. The highest BCUT2D eigenvalue weighted by atomic mass is 15.4. The fraction of sp³-hybridized carbons (Fsp3) is 0.750. The van der Waals surface area contributed by atoms with Gasteiger partial charge >= 0.3 is 0 Å². The van der Waals surface area contributed by atoms with Crippen LogP contribution in [0.4, 0.5) is 0 Å². The van der Waals surface area contributed by atoms with E-state index in [0.29, 0.717) is 6.17 Å². The van der Waals surface area contributed by atoms with Crippen molar-refractivity contribution in [1.82, 2.24) is 9.80 Å². The van der Waals surface area contributed by atoms with Crippen LogP contribution in [0.1, 0.15) is 148 Å². The zero-order valence-corrected chi connectivity index (χ0v) is 22.9. The minimum absolute atomic E-state index is 0.397. The van der Waals surface area contributed by atoms with Crippen LogP contribution in [-0.4, -0.2) is 22.9 Å². The van der Waals surface area contributed by atoms with E-state index in [1.54, 1.807) is 0 Å². The van der Waals surface area contributed by atoms with E-state index < -0.39 is 0 Å².